The van der Waals surface area contributed by atoms with Crippen LogP contribution in [0.5, 0.6) is 0 Å². The van der Waals surface area contributed by atoms with E-state index in [1.807, 2.05) is 0 Å². The van der Waals surface area contributed by atoms with E-state index < -0.39 is 18.1 Å². The van der Waals surface area contributed by atoms with Crippen molar-refractivity contribution in [1.82, 2.24) is 4.90 Å². The lowest BCUT2D eigenvalue weighted by molar-refractivity contribution is -0.139. The van der Waals surface area contributed by atoms with E-state index in [-0.39, 0.29) is 19.6 Å². The van der Waals surface area contributed by atoms with Crippen molar-refractivity contribution >= 4 is 12.1 Å². The van der Waals surface area contributed by atoms with Gasteiger partial charge in [-0.15, -0.1) is 0 Å². The van der Waals surface area contributed by atoms with Gasteiger partial charge in [-0.2, -0.15) is 0 Å². The number of ether oxygens (including phenoxy) is 2. The van der Waals surface area contributed by atoms with Crippen LogP contribution in [0.25, 0.3) is 0 Å². The molecule has 1 amide bonds. The Hall–Kier alpha value is -1.56. The van der Waals surface area contributed by atoms with Gasteiger partial charge >= 0.3 is 12.1 Å². The van der Waals surface area contributed by atoms with Crippen LogP contribution in [0.2, 0.25) is 0 Å². The van der Waals surface area contributed by atoms with Crippen molar-refractivity contribution in [2.45, 2.75) is 12.5 Å². The number of carbonyl (C=O) groups excluding carboxylic acids is 1. The summed E-state index contributed by atoms with van der Waals surface area (Å²) in [6, 6.07) is -0.455. The fourth-order valence-corrected chi connectivity index (χ4v) is 1.48. The molecule has 0 aromatic carbocycles. The lowest BCUT2D eigenvalue weighted by Crippen LogP contribution is -2.49. The molecule has 1 unspecified atom stereocenters. The van der Waals surface area contributed by atoms with Crippen LogP contribution >= 0.6 is 0 Å². The van der Waals surface area contributed by atoms with Gasteiger partial charge in [-0.3, -0.25) is 4.79 Å². The van der Waals surface area contributed by atoms with Crippen LogP contribution in [-0.4, -0.2) is 54.5 Å². The van der Waals surface area contributed by atoms with Gasteiger partial charge in [-0.1, -0.05) is 12.7 Å². The Bertz CT molecular complexity index is 278. The smallest absolute Gasteiger partial charge is 0.410 e. The molecule has 90 valence electrons. The van der Waals surface area contributed by atoms with Gasteiger partial charge in [0, 0.05) is 6.54 Å². The number of morpholine rings is 1. The topological polar surface area (TPSA) is 76.1 Å². The van der Waals surface area contributed by atoms with Crippen molar-refractivity contribution in [3.05, 3.63) is 12.7 Å². The standard InChI is InChI=1S/C10H15NO5/c1-2-4-16-10(14)11-3-5-15-7-8(11)6-9(12)13/h2,8H,1,3-7H2,(H,12,13). The number of hydrogen-bond acceptors (Lipinski definition) is 4. The molecule has 1 saturated heterocycles. The highest BCUT2D eigenvalue weighted by molar-refractivity contribution is 5.71. The Labute approximate surface area is 93.4 Å². The van der Waals surface area contributed by atoms with E-state index in [2.05, 4.69) is 6.58 Å². The zero-order valence-corrected chi connectivity index (χ0v) is 8.92. The first-order chi connectivity index (χ1) is 7.65. The maximum Gasteiger partial charge on any atom is 0.410 e. The Kier molecular flexibility index (Phi) is 4.78. The molecule has 0 saturated carbocycles. The summed E-state index contributed by atoms with van der Waals surface area (Å²) in [4.78, 5) is 23.5. The average Bonchev–Trinajstić information content (AvgIpc) is 2.26. The second-order valence-corrected chi connectivity index (χ2v) is 3.39. The lowest BCUT2D eigenvalue weighted by Gasteiger charge is -2.33. The van der Waals surface area contributed by atoms with Gasteiger partial charge in [0.2, 0.25) is 0 Å². The van der Waals surface area contributed by atoms with Crippen molar-refractivity contribution in [2.75, 3.05) is 26.4 Å². The van der Waals surface area contributed by atoms with Gasteiger partial charge in [0.15, 0.2) is 0 Å². The molecule has 1 rings (SSSR count). The van der Waals surface area contributed by atoms with E-state index in [4.69, 9.17) is 14.6 Å². The van der Waals surface area contributed by atoms with Gasteiger partial charge in [0.05, 0.1) is 25.7 Å². The van der Waals surface area contributed by atoms with Crippen molar-refractivity contribution in [2.24, 2.45) is 0 Å². The number of carboxylic acids is 1. The number of rotatable bonds is 4. The second-order valence-electron chi connectivity index (χ2n) is 3.39. The molecule has 0 spiro atoms. The SMILES string of the molecule is C=CCOC(=O)N1CCOCC1CC(=O)O. The molecule has 6 heteroatoms. The highest BCUT2D eigenvalue weighted by Gasteiger charge is 2.29. The number of amides is 1. The minimum absolute atomic E-state index is 0.121. The summed E-state index contributed by atoms with van der Waals surface area (Å²) in [5, 5.41) is 8.69. The summed E-state index contributed by atoms with van der Waals surface area (Å²) in [6.45, 7) is 4.54. The van der Waals surface area contributed by atoms with Gasteiger partial charge in [0.1, 0.15) is 6.61 Å². The fourth-order valence-electron chi connectivity index (χ4n) is 1.48. The van der Waals surface area contributed by atoms with Gasteiger partial charge < -0.3 is 19.5 Å². The summed E-state index contributed by atoms with van der Waals surface area (Å²) < 4.78 is 10.00. The van der Waals surface area contributed by atoms with Crippen molar-refractivity contribution < 1.29 is 24.2 Å². The number of nitrogens with zero attached hydrogens (tertiary/aromatic N) is 1. The zero-order chi connectivity index (χ0) is 12.0. The van der Waals surface area contributed by atoms with E-state index in [0.29, 0.717) is 13.2 Å². The summed E-state index contributed by atoms with van der Waals surface area (Å²) in [7, 11) is 0. The summed E-state index contributed by atoms with van der Waals surface area (Å²) in [5.74, 6) is -0.961. The van der Waals surface area contributed by atoms with E-state index >= 15 is 0 Å². The number of aliphatic carboxylic acids is 1. The fraction of sp³-hybridized carbons (Fsp3) is 0.600. The Morgan fingerprint density at radius 1 is 1.62 bits per heavy atom. The Morgan fingerprint density at radius 3 is 3.00 bits per heavy atom. The normalized spacial score (nSPS) is 20.2. The summed E-state index contributed by atoms with van der Waals surface area (Å²) >= 11 is 0. The molecule has 0 aromatic rings. The summed E-state index contributed by atoms with van der Waals surface area (Å²) in [5.41, 5.74) is 0. The molecule has 0 bridgehead atoms. The predicted molar refractivity (Wildman–Crippen MR) is 55.1 cm³/mol. The minimum Gasteiger partial charge on any atom is -0.481 e. The molecule has 1 heterocycles. The monoisotopic (exact) mass is 229 g/mol. The number of hydrogen-bond donors (Lipinski definition) is 1. The molecule has 1 aliphatic rings. The van der Waals surface area contributed by atoms with E-state index in [1.165, 1.54) is 11.0 Å². The molecule has 0 aromatic heterocycles. The molecular formula is C10H15NO5. The van der Waals surface area contributed by atoms with Crippen molar-refractivity contribution in [1.29, 1.82) is 0 Å². The third-order valence-corrected chi connectivity index (χ3v) is 2.20. The van der Waals surface area contributed by atoms with E-state index in [0.717, 1.165) is 0 Å². The highest BCUT2D eigenvalue weighted by atomic mass is 16.6. The molecule has 1 fully saturated rings. The van der Waals surface area contributed by atoms with Crippen LogP contribution < -0.4 is 0 Å². The molecule has 16 heavy (non-hydrogen) atoms. The van der Waals surface area contributed by atoms with Crippen LogP contribution in [0.15, 0.2) is 12.7 Å². The average molecular weight is 229 g/mol. The molecule has 1 N–H and O–H groups in total. The third kappa shape index (κ3) is 3.54. The highest BCUT2D eigenvalue weighted by Crippen LogP contribution is 2.12. The van der Waals surface area contributed by atoms with Crippen LogP contribution in [0.3, 0.4) is 0 Å². The van der Waals surface area contributed by atoms with Crippen LogP contribution in [-0.2, 0) is 14.3 Å². The van der Waals surface area contributed by atoms with Crippen molar-refractivity contribution in [3.8, 4) is 0 Å². The van der Waals surface area contributed by atoms with E-state index in [1.54, 1.807) is 0 Å². The third-order valence-electron chi connectivity index (χ3n) is 2.20. The molecule has 1 aliphatic heterocycles. The first-order valence-electron chi connectivity index (χ1n) is 4.99. The molecule has 0 aliphatic carbocycles. The van der Waals surface area contributed by atoms with E-state index in [9.17, 15) is 9.59 Å². The van der Waals surface area contributed by atoms with Gasteiger partial charge in [-0.25, -0.2) is 4.79 Å². The van der Waals surface area contributed by atoms with Crippen molar-refractivity contribution in [3.63, 3.8) is 0 Å². The molecule has 1 atom stereocenters. The molecule has 0 radical (unpaired) electrons. The second kappa shape index (κ2) is 6.12. The molecular weight excluding hydrogens is 214 g/mol. The minimum atomic E-state index is -0.961. The Balaban J connectivity index is 2.54. The van der Waals surface area contributed by atoms with Crippen LogP contribution in [0, 0.1) is 0 Å². The maximum absolute atomic E-state index is 11.6. The lowest BCUT2D eigenvalue weighted by atomic mass is 10.2. The number of carbonyl (C=O) groups is 2. The van der Waals surface area contributed by atoms with Gasteiger partial charge in [0.25, 0.3) is 0 Å². The summed E-state index contributed by atoms with van der Waals surface area (Å²) in [6.07, 6.45) is 0.808. The maximum atomic E-state index is 11.6. The van der Waals surface area contributed by atoms with Gasteiger partial charge in [-0.05, 0) is 0 Å². The largest absolute Gasteiger partial charge is 0.481 e. The Morgan fingerprint density at radius 2 is 2.38 bits per heavy atom. The quantitative estimate of drug-likeness (QED) is 0.710. The van der Waals surface area contributed by atoms with Crippen LogP contribution in [0.4, 0.5) is 4.79 Å². The van der Waals surface area contributed by atoms with Crippen LogP contribution in [0.1, 0.15) is 6.42 Å². The predicted octanol–water partition coefficient (Wildman–Crippen LogP) is 0.485. The first-order valence-corrected chi connectivity index (χ1v) is 4.99. The first kappa shape index (κ1) is 12.5. The number of carboxylic acid groups (broad SMARTS) is 1. The molecule has 6 nitrogen and oxygen atoms in total. The zero-order valence-electron chi connectivity index (χ0n) is 8.92.